The van der Waals surface area contributed by atoms with Gasteiger partial charge in [0.05, 0.1) is 0 Å². The van der Waals surface area contributed by atoms with E-state index in [1.165, 1.54) is 12.5 Å². The van der Waals surface area contributed by atoms with Gasteiger partial charge in [0.25, 0.3) is 0 Å². The molecular weight excluding hydrogens is 336 g/mol. The van der Waals surface area contributed by atoms with Gasteiger partial charge in [-0.2, -0.15) is 0 Å². The Bertz CT molecular complexity index is 757. The first-order valence-electron chi connectivity index (χ1n) is 8.23. The van der Waals surface area contributed by atoms with Crippen LogP contribution in [0.25, 0.3) is 0 Å². The zero-order chi connectivity index (χ0) is 18.4. The van der Waals surface area contributed by atoms with Gasteiger partial charge in [0.1, 0.15) is 0 Å². The SMILES string of the molecule is CC(=O)N(CCC(=O)Nc1cccc(Cl)c1C)Cc1ccc(C)cc1. The van der Waals surface area contributed by atoms with Crippen molar-refractivity contribution in [1.82, 2.24) is 4.90 Å². The molecule has 0 heterocycles. The molecule has 0 aliphatic heterocycles. The number of halogens is 1. The maximum atomic E-state index is 12.2. The van der Waals surface area contributed by atoms with Crippen LogP contribution >= 0.6 is 11.6 Å². The summed E-state index contributed by atoms with van der Waals surface area (Å²) < 4.78 is 0. The van der Waals surface area contributed by atoms with E-state index in [2.05, 4.69) is 5.32 Å². The number of carbonyl (C=O) groups excluding carboxylic acids is 2. The summed E-state index contributed by atoms with van der Waals surface area (Å²) in [7, 11) is 0. The molecule has 1 N–H and O–H groups in total. The van der Waals surface area contributed by atoms with E-state index < -0.39 is 0 Å². The number of hydrogen-bond acceptors (Lipinski definition) is 2. The van der Waals surface area contributed by atoms with Gasteiger partial charge >= 0.3 is 0 Å². The highest BCUT2D eigenvalue weighted by molar-refractivity contribution is 6.31. The van der Waals surface area contributed by atoms with Gasteiger partial charge in [-0.15, -0.1) is 0 Å². The van der Waals surface area contributed by atoms with E-state index in [0.717, 1.165) is 11.1 Å². The zero-order valence-corrected chi connectivity index (χ0v) is 15.6. The van der Waals surface area contributed by atoms with Crippen molar-refractivity contribution in [2.75, 3.05) is 11.9 Å². The molecule has 2 aromatic carbocycles. The molecule has 132 valence electrons. The van der Waals surface area contributed by atoms with Gasteiger partial charge in [0.2, 0.25) is 11.8 Å². The van der Waals surface area contributed by atoms with E-state index in [1.807, 2.05) is 44.2 Å². The van der Waals surface area contributed by atoms with Gasteiger partial charge in [-0.3, -0.25) is 9.59 Å². The normalized spacial score (nSPS) is 10.4. The minimum atomic E-state index is -0.138. The highest BCUT2D eigenvalue weighted by Gasteiger charge is 2.13. The van der Waals surface area contributed by atoms with Crippen molar-refractivity contribution in [1.29, 1.82) is 0 Å². The lowest BCUT2D eigenvalue weighted by Crippen LogP contribution is -2.31. The van der Waals surface area contributed by atoms with Crippen molar-refractivity contribution in [3.63, 3.8) is 0 Å². The fraction of sp³-hybridized carbons (Fsp3) is 0.300. The Balaban J connectivity index is 1.94. The zero-order valence-electron chi connectivity index (χ0n) is 14.8. The van der Waals surface area contributed by atoms with Crippen LogP contribution in [0.1, 0.15) is 30.0 Å². The van der Waals surface area contributed by atoms with Crippen LogP contribution in [0.15, 0.2) is 42.5 Å². The topological polar surface area (TPSA) is 49.4 Å². The maximum Gasteiger partial charge on any atom is 0.226 e. The van der Waals surface area contributed by atoms with Crippen molar-refractivity contribution in [2.45, 2.75) is 33.7 Å². The first kappa shape index (κ1) is 19.0. The Morgan fingerprint density at radius 3 is 2.40 bits per heavy atom. The van der Waals surface area contributed by atoms with Crippen LogP contribution < -0.4 is 5.32 Å². The summed E-state index contributed by atoms with van der Waals surface area (Å²) in [5, 5.41) is 3.47. The van der Waals surface area contributed by atoms with E-state index in [9.17, 15) is 9.59 Å². The predicted octanol–water partition coefficient (Wildman–Crippen LogP) is 4.33. The maximum absolute atomic E-state index is 12.2. The number of nitrogens with zero attached hydrogens (tertiary/aromatic N) is 1. The summed E-state index contributed by atoms with van der Waals surface area (Å²) in [6.07, 6.45) is 0.234. The van der Waals surface area contributed by atoms with E-state index in [0.29, 0.717) is 23.8 Å². The minimum Gasteiger partial charge on any atom is -0.338 e. The van der Waals surface area contributed by atoms with Gasteiger partial charge in [0, 0.05) is 37.1 Å². The second-order valence-corrected chi connectivity index (χ2v) is 6.54. The Labute approximate surface area is 153 Å². The van der Waals surface area contributed by atoms with E-state index >= 15 is 0 Å². The number of rotatable bonds is 6. The van der Waals surface area contributed by atoms with Crippen LogP contribution in [0, 0.1) is 13.8 Å². The number of benzene rings is 2. The van der Waals surface area contributed by atoms with Crippen molar-refractivity contribution in [2.24, 2.45) is 0 Å². The molecule has 2 rings (SSSR count). The first-order chi connectivity index (χ1) is 11.9. The van der Waals surface area contributed by atoms with Crippen LogP contribution in [0.2, 0.25) is 5.02 Å². The minimum absolute atomic E-state index is 0.0488. The average molecular weight is 359 g/mol. The van der Waals surface area contributed by atoms with Crippen LogP contribution in [0.4, 0.5) is 5.69 Å². The molecule has 2 amide bonds. The van der Waals surface area contributed by atoms with Gasteiger partial charge < -0.3 is 10.2 Å². The molecule has 0 aromatic heterocycles. The second kappa shape index (κ2) is 8.67. The third-order valence-electron chi connectivity index (χ3n) is 4.09. The summed E-state index contributed by atoms with van der Waals surface area (Å²) in [4.78, 5) is 25.7. The molecule has 0 atom stereocenters. The summed E-state index contributed by atoms with van der Waals surface area (Å²) in [5.41, 5.74) is 3.76. The standard InChI is InChI=1S/C20H23ClN2O2/c1-14-7-9-17(10-8-14)13-23(16(3)24)12-11-20(25)22-19-6-4-5-18(21)15(19)2/h4-10H,11-13H2,1-3H3,(H,22,25). The van der Waals surface area contributed by atoms with Crippen molar-refractivity contribution >= 4 is 29.1 Å². The molecule has 0 saturated carbocycles. The molecule has 0 aliphatic rings. The van der Waals surface area contributed by atoms with Gasteiger partial charge in [-0.05, 0) is 37.1 Å². The van der Waals surface area contributed by atoms with Gasteiger partial charge in [-0.25, -0.2) is 0 Å². The van der Waals surface area contributed by atoms with Crippen molar-refractivity contribution in [3.8, 4) is 0 Å². The number of nitrogens with one attached hydrogen (secondary N) is 1. The molecule has 5 heteroatoms. The number of amides is 2. The van der Waals surface area contributed by atoms with E-state index in [4.69, 9.17) is 11.6 Å². The summed E-state index contributed by atoms with van der Waals surface area (Å²) in [5.74, 6) is -0.187. The number of carbonyl (C=O) groups is 2. The molecule has 0 spiro atoms. The molecule has 0 radical (unpaired) electrons. The van der Waals surface area contributed by atoms with Crippen LogP contribution in [-0.4, -0.2) is 23.3 Å². The highest BCUT2D eigenvalue weighted by atomic mass is 35.5. The molecule has 0 unspecified atom stereocenters. The van der Waals surface area contributed by atoms with Crippen LogP contribution in [0.5, 0.6) is 0 Å². The van der Waals surface area contributed by atoms with Crippen molar-refractivity contribution < 1.29 is 9.59 Å². The van der Waals surface area contributed by atoms with Crippen LogP contribution in [0.3, 0.4) is 0 Å². The Kier molecular flexibility index (Phi) is 6.59. The molecular formula is C20H23ClN2O2. The summed E-state index contributed by atoms with van der Waals surface area (Å²) in [6.45, 7) is 6.27. The summed E-state index contributed by atoms with van der Waals surface area (Å²) in [6, 6.07) is 13.4. The van der Waals surface area contributed by atoms with Gasteiger partial charge in [-0.1, -0.05) is 47.5 Å². The molecule has 0 bridgehead atoms. The van der Waals surface area contributed by atoms with E-state index in [-0.39, 0.29) is 18.2 Å². The number of hydrogen-bond donors (Lipinski definition) is 1. The fourth-order valence-electron chi connectivity index (χ4n) is 2.45. The Morgan fingerprint density at radius 1 is 1.08 bits per heavy atom. The fourth-order valence-corrected chi connectivity index (χ4v) is 2.63. The predicted molar refractivity (Wildman–Crippen MR) is 102 cm³/mol. The molecule has 25 heavy (non-hydrogen) atoms. The third kappa shape index (κ3) is 5.61. The lowest BCUT2D eigenvalue weighted by molar-refractivity contribution is -0.129. The summed E-state index contributed by atoms with van der Waals surface area (Å²) >= 11 is 6.06. The molecule has 2 aromatic rings. The Morgan fingerprint density at radius 2 is 1.76 bits per heavy atom. The van der Waals surface area contributed by atoms with Crippen molar-refractivity contribution in [3.05, 3.63) is 64.2 Å². The molecule has 4 nitrogen and oxygen atoms in total. The number of aryl methyl sites for hydroxylation is 1. The number of anilines is 1. The quantitative estimate of drug-likeness (QED) is 0.835. The largest absolute Gasteiger partial charge is 0.338 e. The average Bonchev–Trinajstić information content (AvgIpc) is 2.57. The Hall–Kier alpha value is -2.33. The smallest absolute Gasteiger partial charge is 0.226 e. The van der Waals surface area contributed by atoms with Crippen LogP contribution in [-0.2, 0) is 16.1 Å². The molecule has 0 aliphatic carbocycles. The van der Waals surface area contributed by atoms with Gasteiger partial charge in [0.15, 0.2) is 0 Å². The monoisotopic (exact) mass is 358 g/mol. The highest BCUT2D eigenvalue weighted by Crippen LogP contribution is 2.23. The van der Waals surface area contributed by atoms with E-state index in [1.54, 1.807) is 17.0 Å². The third-order valence-corrected chi connectivity index (χ3v) is 4.50. The first-order valence-corrected chi connectivity index (χ1v) is 8.60. The lowest BCUT2D eigenvalue weighted by Gasteiger charge is -2.21. The molecule has 0 saturated heterocycles. The second-order valence-electron chi connectivity index (χ2n) is 6.14. The lowest BCUT2D eigenvalue weighted by atomic mass is 10.1. The molecule has 0 fully saturated rings.